The van der Waals surface area contributed by atoms with Crippen molar-refractivity contribution in [1.82, 2.24) is 4.90 Å². The molecule has 0 aromatic heterocycles. The molecule has 0 amide bonds. The zero-order valence-electron chi connectivity index (χ0n) is 13.6. The van der Waals surface area contributed by atoms with Crippen LogP contribution in [0.3, 0.4) is 0 Å². The van der Waals surface area contributed by atoms with Crippen LogP contribution in [0.15, 0.2) is 24.3 Å². The molecule has 1 heterocycles. The Bertz CT molecular complexity index is 502. The van der Waals surface area contributed by atoms with Crippen molar-refractivity contribution in [2.24, 2.45) is 5.92 Å². The van der Waals surface area contributed by atoms with Crippen molar-refractivity contribution < 1.29 is 9.18 Å². The lowest BCUT2D eigenvalue weighted by molar-refractivity contribution is -0.124. The number of nitrogens with zero attached hydrogens (tertiary/aromatic N) is 1. The van der Waals surface area contributed by atoms with E-state index in [9.17, 15) is 9.18 Å². The first kappa shape index (κ1) is 17.4. The van der Waals surface area contributed by atoms with Gasteiger partial charge in [0.05, 0.1) is 5.92 Å². The summed E-state index contributed by atoms with van der Waals surface area (Å²) in [5.74, 6) is 0.0500. The van der Waals surface area contributed by atoms with E-state index in [1.54, 1.807) is 6.92 Å². The predicted molar refractivity (Wildman–Crippen MR) is 89.2 cm³/mol. The van der Waals surface area contributed by atoms with Gasteiger partial charge < -0.3 is 4.90 Å². The lowest BCUT2D eigenvalue weighted by Gasteiger charge is -2.36. The van der Waals surface area contributed by atoms with Gasteiger partial charge in [0.25, 0.3) is 0 Å². The van der Waals surface area contributed by atoms with Crippen LogP contribution in [0.25, 0.3) is 0 Å². The highest BCUT2D eigenvalue weighted by Gasteiger charge is 2.32. The highest BCUT2D eigenvalue weighted by Crippen LogP contribution is 2.29. The summed E-state index contributed by atoms with van der Waals surface area (Å²) in [5.41, 5.74) is -0.0643. The molecular weight excluding hydrogens is 301 g/mol. The lowest BCUT2D eigenvalue weighted by Crippen LogP contribution is -2.43. The SMILES string of the molecule is CC(C)C(=O)C(CN1CCC(C)(F)CC1)c1ccc(Cl)cc1. The molecule has 1 unspecified atom stereocenters. The van der Waals surface area contributed by atoms with E-state index >= 15 is 0 Å². The fraction of sp³-hybridized carbons (Fsp3) is 0.611. The Morgan fingerprint density at radius 3 is 2.32 bits per heavy atom. The topological polar surface area (TPSA) is 20.3 Å². The van der Waals surface area contributed by atoms with Crippen LogP contribution in [0.1, 0.15) is 45.1 Å². The van der Waals surface area contributed by atoms with E-state index in [2.05, 4.69) is 4.90 Å². The second-order valence-electron chi connectivity index (χ2n) is 6.88. The smallest absolute Gasteiger partial charge is 0.144 e. The molecule has 1 fully saturated rings. The maximum Gasteiger partial charge on any atom is 0.144 e. The number of benzene rings is 1. The van der Waals surface area contributed by atoms with Crippen LogP contribution in [0.5, 0.6) is 0 Å². The molecule has 1 saturated heterocycles. The molecule has 2 rings (SSSR count). The quantitative estimate of drug-likeness (QED) is 0.796. The molecule has 0 radical (unpaired) electrons. The Morgan fingerprint density at radius 2 is 1.82 bits per heavy atom. The molecule has 122 valence electrons. The second kappa shape index (κ2) is 7.10. The number of likely N-dealkylation sites (tertiary alicyclic amines) is 1. The fourth-order valence-electron chi connectivity index (χ4n) is 2.92. The monoisotopic (exact) mass is 325 g/mol. The predicted octanol–water partition coefficient (Wildman–Crippen LogP) is 4.47. The zero-order chi connectivity index (χ0) is 16.3. The van der Waals surface area contributed by atoms with Gasteiger partial charge in [-0.25, -0.2) is 4.39 Å². The van der Waals surface area contributed by atoms with Crippen LogP contribution in [0.4, 0.5) is 4.39 Å². The number of alkyl halides is 1. The molecule has 22 heavy (non-hydrogen) atoms. The maximum atomic E-state index is 13.9. The third-order valence-corrected chi connectivity index (χ3v) is 4.78. The standard InChI is InChI=1S/C18H25ClFNO/c1-13(2)17(22)16(14-4-6-15(19)7-5-14)12-21-10-8-18(3,20)9-11-21/h4-7,13,16H,8-12H2,1-3H3. The fourth-order valence-corrected chi connectivity index (χ4v) is 3.04. The van der Waals surface area contributed by atoms with Gasteiger partial charge in [-0.05, 0) is 37.5 Å². The van der Waals surface area contributed by atoms with Gasteiger partial charge in [-0.1, -0.05) is 37.6 Å². The summed E-state index contributed by atoms with van der Waals surface area (Å²) < 4.78 is 13.9. The molecule has 1 aromatic carbocycles. The average molecular weight is 326 g/mol. The Hall–Kier alpha value is -0.930. The number of halogens is 2. The van der Waals surface area contributed by atoms with Crippen LogP contribution in [0.2, 0.25) is 5.02 Å². The van der Waals surface area contributed by atoms with Crippen molar-refractivity contribution in [3.63, 3.8) is 0 Å². The minimum absolute atomic E-state index is 0.0168. The Labute approximate surface area is 137 Å². The van der Waals surface area contributed by atoms with Crippen LogP contribution in [-0.4, -0.2) is 36.0 Å². The van der Waals surface area contributed by atoms with Crippen molar-refractivity contribution in [1.29, 1.82) is 0 Å². The van der Waals surface area contributed by atoms with Crippen molar-refractivity contribution in [3.05, 3.63) is 34.9 Å². The van der Waals surface area contributed by atoms with Gasteiger partial charge in [-0.15, -0.1) is 0 Å². The molecule has 0 bridgehead atoms. The minimum atomic E-state index is -1.06. The first-order valence-electron chi connectivity index (χ1n) is 7.99. The molecule has 1 atom stereocenters. The van der Waals surface area contributed by atoms with Crippen molar-refractivity contribution in [2.75, 3.05) is 19.6 Å². The largest absolute Gasteiger partial charge is 0.302 e. The summed E-state index contributed by atoms with van der Waals surface area (Å²) in [5, 5.41) is 0.672. The van der Waals surface area contributed by atoms with Gasteiger partial charge in [-0.2, -0.15) is 0 Å². The van der Waals surface area contributed by atoms with Crippen molar-refractivity contribution in [2.45, 2.75) is 45.2 Å². The number of hydrogen-bond acceptors (Lipinski definition) is 2. The van der Waals surface area contributed by atoms with Crippen LogP contribution >= 0.6 is 11.6 Å². The maximum absolute atomic E-state index is 13.9. The summed E-state index contributed by atoms with van der Waals surface area (Å²) in [6, 6.07) is 7.51. The number of carbonyl (C=O) groups is 1. The van der Waals surface area contributed by atoms with Crippen LogP contribution in [0, 0.1) is 5.92 Å². The molecule has 1 aromatic rings. The van der Waals surface area contributed by atoms with Gasteiger partial charge >= 0.3 is 0 Å². The van der Waals surface area contributed by atoms with Crippen molar-refractivity contribution in [3.8, 4) is 0 Å². The Kier molecular flexibility index (Phi) is 5.62. The molecule has 4 heteroatoms. The molecule has 0 spiro atoms. The Morgan fingerprint density at radius 1 is 1.27 bits per heavy atom. The number of carbonyl (C=O) groups excluding carboxylic acids is 1. The number of ketones is 1. The first-order valence-corrected chi connectivity index (χ1v) is 8.37. The normalized spacial score (nSPS) is 20.1. The number of rotatable bonds is 5. The summed E-state index contributed by atoms with van der Waals surface area (Å²) in [6.45, 7) is 7.61. The molecular formula is C18H25ClFNO. The highest BCUT2D eigenvalue weighted by molar-refractivity contribution is 6.30. The van der Waals surface area contributed by atoms with E-state index in [1.807, 2.05) is 38.1 Å². The minimum Gasteiger partial charge on any atom is -0.302 e. The third-order valence-electron chi connectivity index (χ3n) is 4.52. The van der Waals surface area contributed by atoms with Gasteiger partial charge in [-0.3, -0.25) is 4.79 Å². The zero-order valence-corrected chi connectivity index (χ0v) is 14.4. The lowest BCUT2D eigenvalue weighted by atomic mass is 9.87. The molecule has 2 nitrogen and oxygen atoms in total. The van der Waals surface area contributed by atoms with E-state index in [-0.39, 0.29) is 17.6 Å². The van der Waals surface area contributed by atoms with Gasteiger partial charge in [0.2, 0.25) is 0 Å². The van der Waals surface area contributed by atoms with E-state index < -0.39 is 5.67 Å². The number of piperidine rings is 1. The highest BCUT2D eigenvalue weighted by atomic mass is 35.5. The van der Waals surface area contributed by atoms with Crippen LogP contribution < -0.4 is 0 Å². The summed E-state index contributed by atoms with van der Waals surface area (Å²) in [7, 11) is 0. The number of Topliss-reactive ketones (excluding diaryl/α,β-unsaturated/α-hetero) is 1. The second-order valence-corrected chi connectivity index (χ2v) is 7.31. The Balaban J connectivity index is 2.12. The first-order chi connectivity index (χ1) is 10.3. The average Bonchev–Trinajstić information content (AvgIpc) is 2.46. The van der Waals surface area contributed by atoms with E-state index in [0.717, 1.165) is 5.56 Å². The molecule has 0 aliphatic carbocycles. The number of hydrogen-bond donors (Lipinski definition) is 0. The van der Waals surface area contributed by atoms with Gasteiger partial charge in [0, 0.05) is 30.6 Å². The summed E-state index contributed by atoms with van der Waals surface area (Å²) in [4.78, 5) is 14.8. The molecule has 0 saturated carbocycles. The molecule has 1 aliphatic rings. The van der Waals surface area contributed by atoms with E-state index in [0.29, 0.717) is 37.5 Å². The molecule has 0 N–H and O–H groups in total. The summed E-state index contributed by atoms with van der Waals surface area (Å²) >= 11 is 5.94. The van der Waals surface area contributed by atoms with Gasteiger partial charge in [0.15, 0.2) is 0 Å². The van der Waals surface area contributed by atoms with E-state index in [1.165, 1.54) is 0 Å². The summed E-state index contributed by atoms with van der Waals surface area (Å²) in [6.07, 6.45) is 1.08. The van der Waals surface area contributed by atoms with Crippen molar-refractivity contribution >= 4 is 17.4 Å². The molecule has 1 aliphatic heterocycles. The third kappa shape index (κ3) is 4.53. The van der Waals surface area contributed by atoms with E-state index in [4.69, 9.17) is 11.6 Å². The van der Waals surface area contributed by atoms with Gasteiger partial charge in [0.1, 0.15) is 11.5 Å². The van der Waals surface area contributed by atoms with Crippen LogP contribution in [-0.2, 0) is 4.79 Å².